The summed E-state index contributed by atoms with van der Waals surface area (Å²) in [5.41, 5.74) is -2.49. The van der Waals surface area contributed by atoms with Crippen LogP contribution >= 0.6 is 0 Å². The van der Waals surface area contributed by atoms with E-state index in [1.54, 1.807) is 0 Å². The maximum Gasteiger partial charge on any atom is 0.249 e. The number of amides is 2. The Hall–Kier alpha value is -1.62. The van der Waals surface area contributed by atoms with Crippen molar-refractivity contribution in [3.8, 4) is 0 Å². The lowest BCUT2D eigenvalue weighted by Crippen LogP contribution is -2.45. The third-order valence-electron chi connectivity index (χ3n) is 3.80. The van der Waals surface area contributed by atoms with Gasteiger partial charge in [-0.15, -0.1) is 0 Å². The lowest BCUT2D eigenvalue weighted by atomic mass is 10.0. The zero-order valence-electron chi connectivity index (χ0n) is 15.9. The first-order valence-electron chi connectivity index (χ1n) is 8.48. The van der Waals surface area contributed by atoms with Crippen LogP contribution in [0.1, 0.15) is 27.7 Å². The number of nitrogens with zero attached hydrogens (tertiary/aromatic N) is 2. The fraction of sp³-hybridized carbons (Fsp3) is 0.875. The molecule has 0 unspecified atom stereocenters. The van der Waals surface area contributed by atoms with Crippen LogP contribution in [-0.2, 0) is 9.59 Å². The number of aliphatic hydroxyl groups is 4. The van der Waals surface area contributed by atoms with Gasteiger partial charge in [-0.3, -0.25) is 9.59 Å². The first kappa shape index (κ1) is 24.4. The average molecular weight is 376 g/mol. The Balaban J connectivity index is 4.79. The predicted octanol–water partition coefficient (Wildman–Crippen LogP) is -1.57. The molecule has 0 saturated carbocycles. The minimum atomic E-state index is -1.24. The number of nitrogens with one attached hydrogen (secondary N) is 2. The van der Waals surface area contributed by atoms with E-state index in [0.717, 1.165) is 0 Å². The van der Waals surface area contributed by atoms with Gasteiger partial charge in [-0.05, 0) is 27.7 Å². The van der Waals surface area contributed by atoms with E-state index in [-0.39, 0.29) is 39.5 Å². The molecule has 0 aromatic heterocycles. The van der Waals surface area contributed by atoms with Gasteiger partial charge in [0.25, 0.3) is 0 Å². The molecule has 0 saturated heterocycles. The summed E-state index contributed by atoms with van der Waals surface area (Å²) in [4.78, 5) is 24.4. The summed E-state index contributed by atoms with van der Waals surface area (Å²) in [6.45, 7) is 5.28. The van der Waals surface area contributed by atoms with Crippen molar-refractivity contribution in [3.05, 3.63) is 0 Å². The van der Waals surface area contributed by atoms with Gasteiger partial charge < -0.3 is 31.1 Å². The van der Waals surface area contributed by atoms with Gasteiger partial charge in [-0.1, -0.05) is 0 Å². The number of carbonyl (C=O) groups excluding carboxylic acids is 2. The van der Waals surface area contributed by atoms with Gasteiger partial charge in [0.1, 0.15) is 0 Å². The molecule has 10 heteroatoms. The van der Waals surface area contributed by atoms with E-state index >= 15 is 0 Å². The van der Waals surface area contributed by atoms with Crippen molar-refractivity contribution in [2.45, 2.75) is 38.8 Å². The molecular weight excluding hydrogens is 344 g/mol. The van der Waals surface area contributed by atoms with Crippen LogP contribution in [0.15, 0.2) is 10.2 Å². The molecule has 0 spiro atoms. The second kappa shape index (κ2) is 11.2. The third kappa shape index (κ3) is 8.17. The first-order valence-corrected chi connectivity index (χ1v) is 8.48. The highest BCUT2D eigenvalue weighted by Crippen LogP contribution is 2.16. The van der Waals surface area contributed by atoms with Crippen molar-refractivity contribution in [2.24, 2.45) is 22.1 Å². The van der Waals surface area contributed by atoms with E-state index in [2.05, 4.69) is 20.9 Å². The maximum atomic E-state index is 12.2. The van der Waals surface area contributed by atoms with E-state index in [1.807, 2.05) is 0 Å². The van der Waals surface area contributed by atoms with Crippen LogP contribution in [0.4, 0.5) is 0 Å². The minimum Gasteiger partial charge on any atom is -0.396 e. The monoisotopic (exact) mass is 376 g/mol. The van der Waals surface area contributed by atoms with E-state index in [9.17, 15) is 9.59 Å². The molecule has 0 aromatic carbocycles. The van der Waals surface area contributed by atoms with Gasteiger partial charge in [0.05, 0.1) is 0 Å². The largest absolute Gasteiger partial charge is 0.396 e. The normalized spacial score (nSPS) is 12.8. The average Bonchev–Trinajstić information content (AvgIpc) is 2.61. The molecule has 0 aliphatic carbocycles. The van der Waals surface area contributed by atoms with Gasteiger partial charge in [0.15, 0.2) is 11.1 Å². The van der Waals surface area contributed by atoms with Crippen molar-refractivity contribution < 1.29 is 30.0 Å². The summed E-state index contributed by atoms with van der Waals surface area (Å²) in [6, 6.07) is 0. The van der Waals surface area contributed by atoms with E-state index in [4.69, 9.17) is 20.4 Å². The minimum absolute atomic E-state index is 0.0956. The molecule has 0 bridgehead atoms. The van der Waals surface area contributed by atoms with Crippen LogP contribution in [0.3, 0.4) is 0 Å². The molecule has 0 atom stereocenters. The number of hydrogen-bond acceptors (Lipinski definition) is 8. The maximum absolute atomic E-state index is 12.2. The van der Waals surface area contributed by atoms with Crippen LogP contribution in [0, 0.1) is 11.8 Å². The number of hydrogen-bond donors (Lipinski definition) is 6. The van der Waals surface area contributed by atoms with Crippen molar-refractivity contribution in [1.29, 1.82) is 0 Å². The highest BCUT2D eigenvalue weighted by Gasteiger charge is 2.32. The zero-order valence-corrected chi connectivity index (χ0v) is 15.9. The predicted molar refractivity (Wildman–Crippen MR) is 94.4 cm³/mol. The smallest absolute Gasteiger partial charge is 0.249 e. The molecule has 0 rings (SSSR count). The molecule has 6 N–H and O–H groups in total. The Morgan fingerprint density at radius 2 is 1.00 bits per heavy atom. The quantitative estimate of drug-likeness (QED) is 0.225. The van der Waals surface area contributed by atoms with Crippen LogP contribution in [0.5, 0.6) is 0 Å². The molecule has 152 valence electrons. The molecule has 26 heavy (non-hydrogen) atoms. The Labute approximate surface area is 153 Å². The first-order chi connectivity index (χ1) is 12.0. The Morgan fingerprint density at radius 1 is 0.731 bits per heavy atom. The van der Waals surface area contributed by atoms with Gasteiger partial charge in [-0.25, -0.2) is 0 Å². The number of aliphatic hydroxyl groups excluding tert-OH is 4. The van der Waals surface area contributed by atoms with E-state index in [1.165, 1.54) is 27.7 Å². The lowest BCUT2D eigenvalue weighted by molar-refractivity contribution is -0.127. The summed E-state index contributed by atoms with van der Waals surface area (Å²) in [6.07, 6.45) is 0. The molecule has 0 fully saturated rings. The molecule has 0 aliphatic rings. The Kier molecular flexibility index (Phi) is 10.5. The van der Waals surface area contributed by atoms with Crippen LogP contribution < -0.4 is 10.6 Å². The highest BCUT2D eigenvalue weighted by atomic mass is 16.3. The van der Waals surface area contributed by atoms with Crippen molar-refractivity contribution in [3.63, 3.8) is 0 Å². The Morgan fingerprint density at radius 3 is 1.23 bits per heavy atom. The number of azo groups is 1. The molecular formula is C16H32N4O6. The summed E-state index contributed by atoms with van der Waals surface area (Å²) >= 11 is 0. The second-order valence-electron chi connectivity index (χ2n) is 7.20. The fourth-order valence-corrected chi connectivity index (χ4v) is 1.62. The van der Waals surface area contributed by atoms with E-state index in [0.29, 0.717) is 0 Å². The SMILES string of the molecule is CC(C)(N=NC(C)(C)C(=O)NCC(CO)CO)C(=O)NCC(CO)CO. The molecule has 0 radical (unpaired) electrons. The number of carbonyl (C=O) groups is 2. The standard InChI is InChI=1S/C16H32N4O6/c1-15(2,13(25)17-5-11(7-21)8-22)19-20-16(3,4)14(26)18-6-12(9-23)10-24/h11-12,21-24H,5-10H2,1-4H3,(H,17,25)(H,18,26). The molecule has 2 amide bonds. The van der Waals surface area contributed by atoms with Crippen molar-refractivity contribution in [2.75, 3.05) is 39.5 Å². The zero-order chi connectivity index (χ0) is 20.4. The fourth-order valence-electron chi connectivity index (χ4n) is 1.62. The Bertz CT molecular complexity index is 431. The molecule has 0 aliphatic heterocycles. The summed E-state index contributed by atoms with van der Waals surface area (Å²) in [7, 11) is 0. The van der Waals surface area contributed by atoms with Gasteiger partial charge >= 0.3 is 0 Å². The number of rotatable bonds is 12. The molecule has 10 nitrogen and oxygen atoms in total. The summed E-state index contributed by atoms with van der Waals surface area (Å²) in [5.74, 6) is -1.82. The molecule has 0 heterocycles. The highest BCUT2D eigenvalue weighted by molar-refractivity contribution is 5.86. The molecule has 0 aromatic rings. The van der Waals surface area contributed by atoms with Crippen molar-refractivity contribution >= 4 is 11.8 Å². The van der Waals surface area contributed by atoms with Crippen LogP contribution in [0.25, 0.3) is 0 Å². The third-order valence-corrected chi connectivity index (χ3v) is 3.80. The topological polar surface area (TPSA) is 164 Å². The van der Waals surface area contributed by atoms with E-state index < -0.39 is 34.7 Å². The van der Waals surface area contributed by atoms with Crippen LogP contribution in [-0.4, -0.2) is 82.8 Å². The van der Waals surface area contributed by atoms with Gasteiger partial charge in [-0.2, -0.15) is 10.2 Å². The summed E-state index contributed by atoms with van der Waals surface area (Å²) < 4.78 is 0. The van der Waals surface area contributed by atoms with Crippen molar-refractivity contribution in [1.82, 2.24) is 10.6 Å². The van der Waals surface area contributed by atoms with Gasteiger partial charge in [0.2, 0.25) is 11.8 Å². The lowest BCUT2D eigenvalue weighted by Gasteiger charge is -2.23. The van der Waals surface area contributed by atoms with Crippen LogP contribution in [0.2, 0.25) is 0 Å². The summed E-state index contributed by atoms with van der Waals surface area (Å²) in [5, 5.41) is 49.1. The second-order valence-corrected chi connectivity index (χ2v) is 7.20. The van der Waals surface area contributed by atoms with Gasteiger partial charge in [0, 0.05) is 51.4 Å².